The number of carbonyl (C=O) groups excluding carboxylic acids is 2. The number of nitrogens with zero attached hydrogens (tertiary/aromatic N) is 3. The number of anilines is 1. The summed E-state index contributed by atoms with van der Waals surface area (Å²) >= 11 is 11.8. The van der Waals surface area contributed by atoms with Crippen LogP contribution in [0.25, 0.3) is 0 Å². The van der Waals surface area contributed by atoms with Gasteiger partial charge in [-0.1, -0.05) is 23.2 Å². The molecule has 1 saturated carbocycles. The molecule has 2 fully saturated rings. The topological polar surface area (TPSA) is 107 Å². The van der Waals surface area contributed by atoms with Gasteiger partial charge >= 0.3 is 0 Å². The van der Waals surface area contributed by atoms with Crippen molar-refractivity contribution in [3.63, 3.8) is 0 Å². The number of phenols is 1. The van der Waals surface area contributed by atoms with Crippen LogP contribution in [0.1, 0.15) is 52.8 Å². The van der Waals surface area contributed by atoms with Gasteiger partial charge in [-0.25, -0.2) is 9.97 Å². The number of piperidine rings is 1. The average Bonchev–Trinajstić information content (AvgIpc) is 2.73. The molecule has 8 nitrogen and oxygen atoms in total. The molecule has 2 amide bonds. The SMILES string of the molecule is O=C(NC1CCC1)c1cnc(N2CCC(NC(=O)c3cc(Cl)cc(Cl)c3O)CC2)nc1. The molecule has 0 radical (unpaired) electrons. The fourth-order valence-corrected chi connectivity index (χ4v) is 4.14. The average molecular weight is 464 g/mol. The molecule has 2 heterocycles. The van der Waals surface area contributed by atoms with Crippen molar-refractivity contribution in [1.29, 1.82) is 0 Å². The molecule has 0 unspecified atom stereocenters. The maximum Gasteiger partial charge on any atom is 0.255 e. The first-order chi connectivity index (χ1) is 14.9. The molecule has 31 heavy (non-hydrogen) atoms. The minimum Gasteiger partial charge on any atom is -0.506 e. The van der Waals surface area contributed by atoms with Crippen LogP contribution in [0.2, 0.25) is 10.0 Å². The third-order valence-electron chi connectivity index (χ3n) is 5.73. The number of rotatable bonds is 5. The second-order valence-corrected chi connectivity index (χ2v) is 8.74. The van der Waals surface area contributed by atoms with E-state index in [1.807, 2.05) is 4.90 Å². The lowest BCUT2D eigenvalue weighted by Gasteiger charge is -2.32. The summed E-state index contributed by atoms with van der Waals surface area (Å²) in [6.07, 6.45) is 7.69. The normalized spacial score (nSPS) is 17.2. The van der Waals surface area contributed by atoms with E-state index in [0.717, 1.165) is 19.3 Å². The van der Waals surface area contributed by atoms with Crippen molar-refractivity contribution in [3.8, 4) is 5.75 Å². The molecule has 2 aliphatic rings. The zero-order valence-corrected chi connectivity index (χ0v) is 18.3. The number of hydrogen-bond donors (Lipinski definition) is 3. The fraction of sp³-hybridized carbons (Fsp3) is 0.429. The van der Waals surface area contributed by atoms with Crippen molar-refractivity contribution in [2.75, 3.05) is 18.0 Å². The molecule has 1 aliphatic heterocycles. The van der Waals surface area contributed by atoms with Gasteiger partial charge in [-0.2, -0.15) is 0 Å². The van der Waals surface area contributed by atoms with Crippen LogP contribution in [0, 0.1) is 0 Å². The summed E-state index contributed by atoms with van der Waals surface area (Å²) < 4.78 is 0. The second kappa shape index (κ2) is 9.28. The van der Waals surface area contributed by atoms with Gasteiger partial charge in [0, 0.05) is 42.6 Å². The van der Waals surface area contributed by atoms with Crippen LogP contribution in [-0.2, 0) is 0 Å². The summed E-state index contributed by atoms with van der Waals surface area (Å²) in [7, 11) is 0. The predicted octanol–water partition coefficient (Wildman–Crippen LogP) is 3.17. The quantitative estimate of drug-likeness (QED) is 0.628. The van der Waals surface area contributed by atoms with E-state index in [0.29, 0.717) is 37.4 Å². The van der Waals surface area contributed by atoms with E-state index in [-0.39, 0.29) is 39.3 Å². The van der Waals surface area contributed by atoms with Crippen molar-refractivity contribution in [2.24, 2.45) is 0 Å². The van der Waals surface area contributed by atoms with Crippen LogP contribution in [-0.4, -0.2) is 52.1 Å². The van der Waals surface area contributed by atoms with Crippen molar-refractivity contribution < 1.29 is 14.7 Å². The van der Waals surface area contributed by atoms with E-state index >= 15 is 0 Å². The molecular weight excluding hydrogens is 441 g/mol. The highest BCUT2D eigenvalue weighted by Gasteiger charge is 2.25. The third-order valence-corrected chi connectivity index (χ3v) is 6.23. The van der Waals surface area contributed by atoms with Gasteiger partial charge < -0.3 is 20.6 Å². The predicted molar refractivity (Wildman–Crippen MR) is 118 cm³/mol. The maximum atomic E-state index is 12.5. The minimum absolute atomic E-state index is 0.0365. The van der Waals surface area contributed by atoms with Crippen molar-refractivity contribution >= 4 is 41.0 Å². The molecule has 0 atom stereocenters. The summed E-state index contributed by atoms with van der Waals surface area (Å²) in [5.74, 6) is -0.277. The Bertz CT molecular complexity index is 974. The van der Waals surface area contributed by atoms with Gasteiger partial charge in [-0.3, -0.25) is 9.59 Å². The summed E-state index contributed by atoms with van der Waals surface area (Å²) in [6, 6.07) is 2.99. The number of hydrogen-bond acceptors (Lipinski definition) is 6. The molecule has 0 spiro atoms. The zero-order chi connectivity index (χ0) is 22.0. The molecule has 0 bridgehead atoms. The van der Waals surface area contributed by atoms with E-state index in [1.165, 1.54) is 12.1 Å². The van der Waals surface area contributed by atoms with Crippen LogP contribution < -0.4 is 15.5 Å². The first kappa shape index (κ1) is 21.6. The monoisotopic (exact) mass is 463 g/mol. The van der Waals surface area contributed by atoms with E-state index in [2.05, 4.69) is 20.6 Å². The fourth-order valence-electron chi connectivity index (χ4n) is 3.65. The number of phenolic OH excluding ortho intramolecular Hbond substituents is 1. The summed E-state index contributed by atoms with van der Waals surface area (Å²) in [6.45, 7) is 1.31. The number of aromatic hydroxyl groups is 1. The minimum atomic E-state index is -0.418. The Hall–Kier alpha value is -2.58. The van der Waals surface area contributed by atoms with Gasteiger partial charge in [0.1, 0.15) is 5.75 Å². The molecule has 1 saturated heterocycles. The summed E-state index contributed by atoms with van der Waals surface area (Å²) in [4.78, 5) is 35.4. The van der Waals surface area contributed by atoms with Crippen molar-refractivity contribution in [3.05, 3.63) is 45.7 Å². The summed E-state index contributed by atoms with van der Waals surface area (Å²) in [5.41, 5.74) is 0.511. The standard InChI is InChI=1S/C21H23Cl2N5O3/c22-13-8-16(18(29)17(23)9-13)20(31)27-15-4-6-28(7-5-15)21-24-10-12(11-25-21)19(30)26-14-2-1-3-14/h8-11,14-15,29H,1-7H2,(H,26,30)(H,27,31). The molecular formula is C21H23Cl2N5O3. The second-order valence-electron chi connectivity index (χ2n) is 7.89. The van der Waals surface area contributed by atoms with Crippen LogP contribution in [0.3, 0.4) is 0 Å². The number of carbonyl (C=O) groups is 2. The van der Waals surface area contributed by atoms with Crippen LogP contribution in [0.4, 0.5) is 5.95 Å². The Morgan fingerprint density at radius 1 is 0.968 bits per heavy atom. The number of nitrogens with one attached hydrogen (secondary N) is 2. The Labute approximate surface area is 190 Å². The highest BCUT2D eigenvalue weighted by atomic mass is 35.5. The lowest BCUT2D eigenvalue weighted by Crippen LogP contribution is -2.45. The Balaban J connectivity index is 1.30. The molecule has 164 valence electrons. The maximum absolute atomic E-state index is 12.5. The Morgan fingerprint density at radius 2 is 1.58 bits per heavy atom. The third kappa shape index (κ3) is 5.02. The lowest BCUT2D eigenvalue weighted by molar-refractivity contribution is 0.0912. The van der Waals surface area contributed by atoms with E-state index in [4.69, 9.17) is 23.2 Å². The largest absolute Gasteiger partial charge is 0.506 e. The van der Waals surface area contributed by atoms with Crippen molar-refractivity contribution in [2.45, 2.75) is 44.2 Å². The zero-order valence-electron chi connectivity index (χ0n) is 16.8. The molecule has 2 aromatic rings. The lowest BCUT2D eigenvalue weighted by atomic mass is 9.93. The Kier molecular flexibility index (Phi) is 6.48. The molecule has 1 aliphatic carbocycles. The van der Waals surface area contributed by atoms with Gasteiger partial charge in [0.05, 0.1) is 16.1 Å². The van der Waals surface area contributed by atoms with E-state index in [9.17, 15) is 14.7 Å². The van der Waals surface area contributed by atoms with Gasteiger partial charge in [0.25, 0.3) is 11.8 Å². The molecule has 1 aromatic carbocycles. The van der Waals surface area contributed by atoms with Gasteiger partial charge in [-0.05, 0) is 44.2 Å². The highest BCUT2D eigenvalue weighted by molar-refractivity contribution is 6.36. The van der Waals surface area contributed by atoms with Crippen molar-refractivity contribution in [1.82, 2.24) is 20.6 Å². The Morgan fingerprint density at radius 3 is 2.19 bits per heavy atom. The van der Waals surface area contributed by atoms with Gasteiger partial charge in [0.15, 0.2) is 0 Å². The molecule has 10 heteroatoms. The van der Waals surface area contributed by atoms with Crippen LogP contribution in [0.5, 0.6) is 5.75 Å². The molecule has 4 rings (SSSR count). The van der Waals surface area contributed by atoms with Crippen LogP contribution >= 0.6 is 23.2 Å². The van der Waals surface area contributed by atoms with E-state index < -0.39 is 5.91 Å². The van der Waals surface area contributed by atoms with E-state index in [1.54, 1.807) is 12.4 Å². The first-order valence-electron chi connectivity index (χ1n) is 10.3. The van der Waals surface area contributed by atoms with Gasteiger partial charge in [0.2, 0.25) is 5.95 Å². The highest BCUT2D eigenvalue weighted by Crippen LogP contribution is 2.31. The number of halogens is 2. The molecule has 1 aromatic heterocycles. The smallest absolute Gasteiger partial charge is 0.255 e. The summed E-state index contributed by atoms with van der Waals surface area (Å²) in [5, 5.41) is 16.2. The number of aromatic nitrogens is 2. The first-order valence-corrected chi connectivity index (χ1v) is 11.0. The molecule has 3 N–H and O–H groups in total. The number of benzene rings is 1. The van der Waals surface area contributed by atoms with Gasteiger partial charge in [-0.15, -0.1) is 0 Å². The number of amides is 2. The van der Waals surface area contributed by atoms with Crippen LogP contribution in [0.15, 0.2) is 24.5 Å².